The number of hydrogen-bond acceptors (Lipinski definition) is 2. The molecular formula is C20H25ClF2N2. The lowest BCUT2D eigenvalue weighted by molar-refractivity contribution is 0.197. The maximum atomic E-state index is 13.3. The van der Waals surface area contributed by atoms with Gasteiger partial charge in [-0.15, -0.1) is 12.4 Å². The van der Waals surface area contributed by atoms with Crippen LogP contribution >= 0.6 is 12.4 Å². The van der Waals surface area contributed by atoms with Crippen LogP contribution in [0.15, 0.2) is 48.5 Å². The van der Waals surface area contributed by atoms with Crippen LogP contribution in [0.2, 0.25) is 0 Å². The summed E-state index contributed by atoms with van der Waals surface area (Å²) in [5.41, 5.74) is 2.14. The van der Waals surface area contributed by atoms with Crippen LogP contribution in [0.25, 0.3) is 0 Å². The van der Waals surface area contributed by atoms with Crippen molar-refractivity contribution < 1.29 is 8.78 Å². The first-order valence-electron chi connectivity index (χ1n) is 8.56. The molecule has 1 aliphatic heterocycles. The Labute approximate surface area is 154 Å². The predicted octanol–water partition coefficient (Wildman–Crippen LogP) is 4.20. The Morgan fingerprint density at radius 3 is 1.76 bits per heavy atom. The molecular weight excluding hydrogens is 342 g/mol. The monoisotopic (exact) mass is 366 g/mol. The van der Waals surface area contributed by atoms with E-state index in [9.17, 15) is 8.78 Å². The molecule has 0 aromatic heterocycles. The Bertz CT molecular complexity index is 592. The van der Waals surface area contributed by atoms with Gasteiger partial charge in [-0.2, -0.15) is 0 Å². The average Bonchev–Trinajstić information content (AvgIpc) is 2.62. The van der Waals surface area contributed by atoms with E-state index < -0.39 is 0 Å². The fourth-order valence-electron chi connectivity index (χ4n) is 3.46. The molecule has 1 aliphatic rings. The topological polar surface area (TPSA) is 15.3 Å². The van der Waals surface area contributed by atoms with Gasteiger partial charge in [-0.05, 0) is 68.4 Å². The highest BCUT2D eigenvalue weighted by Gasteiger charge is 2.23. The zero-order chi connectivity index (χ0) is 16.9. The Kier molecular flexibility index (Phi) is 7.36. The molecule has 0 atom stereocenters. The second-order valence-electron chi connectivity index (χ2n) is 6.52. The van der Waals surface area contributed by atoms with Crippen molar-refractivity contribution in [2.45, 2.75) is 24.8 Å². The minimum Gasteiger partial charge on any atom is -0.317 e. The number of halogens is 3. The molecule has 2 aromatic rings. The van der Waals surface area contributed by atoms with Crippen molar-refractivity contribution in [2.75, 3.05) is 26.7 Å². The minimum atomic E-state index is -0.230. The van der Waals surface area contributed by atoms with Crippen LogP contribution < -0.4 is 5.32 Å². The highest BCUT2D eigenvalue weighted by Crippen LogP contribution is 2.27. The molecule has 0 unspecified atom stereocenters. The van der Waals surface area contributed by atoms with E-state index in [1.54, 1.807) is 0 Å². The van der Waals surface area contributed by atoms with Gasteiger partial charge >= 0.3 is 0 Å². The van der Waals surface area contributed by atoms with Gasteiger partial charge in [0.05, 0.1) is 0 Å². The maximum Gasteiger partial charge on any atom is 0.123 e. The quantitative estimate of drug-likeness (QED) is 0.853. The first-order chi connectivity index (χ1) is 11.7. The molecule has 3 rings (SSSR count). The maximum absolute atomic E-state index is 13.3. The van der Waals surface area contributed by atoms with Crippen molar-refractivity contribution in [3.05, 3.63) is 71.3 Å². The van der Waals surface area contributed by atoms with Crippen LogP contribution in [0.3, 0.4) is 0 Å². The van der Waals surface area contributed by atoms with Crippen LogP contribution in [-0.4, -0.2) is 37.6 Å². The molecule has 2 aromatic carbocycles. The smallest absolute Gasteiger partial charge is 0.123 e. The number of nitrogens with zero attached hydrogens (tertiary/aromatic N) is 1. The number of hydrogen-bond donors (Lipinski definition) is 1. The Morgan fingerprint density at radius 2 is 1.36 bits per heavy atom. The summed E-state index contributed by atoms with van der Waals surface area (Å²) in [6, 6.07) is 13.9. The van der Waals surface area contributed by atoms with Crippen LogP contribution in [0.4, 0.5) is 8.78 Å². The lowest BCUT2D eigenvalue weighted by Crippen LogP contribution is -2.42. The second-order valence-corrected chi connectivity index (χ2v) is 6.52. The van der Waals surface area contributed by atoms with Crippen molar-refractivity contribution >= 4 is 12.4 Å². The number of nitrogens with one attached hydrogen (secondary N) is 1. The molecule has 5 heteroatoms. The normalized spacial score (nSPS) is 16.0. The predicted molar refractivity (Wildman–Crippen MR) is 100 cm³/mol. The zero-order valence-corrected chi connectivity index (χ0v) is 15.2. The molecule has 0 amide bonds. The van der Waals surface area contributed by atoms with Crippen LogP contribution in [0.5, 0.6) is 0 Å². The van der Waals surface area contributed by atoms with E-state index in [0.29, 0.717) is 6.04 Å². The Hall–Kier alpha value is -1.49. The summed E-state index contributed by atoms with van der Waals surface area (Å²) in [5, 5.41) is 3.34. The standard InChI is InChI=1S/C20H24F2N2.ClH/c1-23-19-10-12-24(13-11-19)14-20(15-2-6-17(21)7-3-15)16-4-8-18(22)9-5-16;/h2-9,19-20,23H,10-14H2,1H3;1H. The molecule has 0 saturated carbocycles. The van der Waals surface area contributed by atoms with Crippen LogP contribution in [0, 0.1) is 11.6 Å². The first-order valence-corrected chi connectivity index (χ1v) is 8.56. The fraction of sp³-hybridized carbons (Fsp3) is 0.400. The average molecular weight is 367 g/mol. The van der Waals surface area contributed by atoms with Crippen molar-refractivity contribution in [2.24, 2.45) is 0 Å². The van der Waals surface area contributed by atoms with Gasteiger partial charge < -0.3 is 10.2 Å². The third kappa shape index (κ3) is 5.24. The van der Waals surface area contributed by atoms with Crippen LogP contribution in [-0.2, 0) is 0 Å². The number of rotatable bonds is 5. The summed E-state index contributed by atoms with van der Waals surface area (Å²) in [6.45, 7) is 2.96. The second kappa shape index (κ2) is 9.27. The van der Waals surface area contributed by atoms with Crippen molar-refractivity contribution in [1.29, 1.82) is 0 Å². The molecule has 1 N–H and O–H groups in total. The molecule has 0 bridgehead atoms. The molecule has 2 nitrogen and oxygen atoms in total. The van der Waals surface area contributed by atoms with Crippen molar-refractivity contribution in [1.82, 2.24) is 10.2 Å². The van der Waals surface area contributed by atoms with E-state index in [4.69, 9.17) is 0 Å². The van der Waals surface area contributed by atoms with Gasteiger partial charge in [0.2, 0.25) is 0 Å². The van der Waals surface area contributed by atoms with Gasteiger partial charge in [0.15, 0.2) is 0 Å². The summed E-state index contributed by atoms with van der Waals surface area (Å²) in [6.07, 6.45) is 2.27. The molecule has 0 spiro atoms. The van der Waals surface area contributed by atoms with E-state index >= 15 is 0 Å². The molecule has 1 fully saturated rings. The highest BCUT2D eigenvalue weighted by molar-refractivity contribution is 5.85. The van der Waals surface area contributed by atoms with E-state index in [0.717, 1.165) is 43.6 Å². The van der Waals surface area contributed by atoms with Gasteiger partial charge in [0, 0.05) is 18.5 Å². The summed E-state index contributed by atoms with van der Waals surface area (Å²) in [4.78, 5) is 2.45. The summed E-state index contributed by atoms with van der Waals surface area (Å²) < 4.78 is 26.6. The minimum absolute atomic E-state index is 0. The van der Waals surface area contributed by atoms with Crippen molar-refractivity contribution in [3.63, 3.8) is 0 Å². The van der Waals surface area contributed by atoms with E-state index in [-0.39, 0.29) is 30.0 Å². The number of benzene rings is 2. The van der Waals surface area contributed by atoms with Crippen LogP contribution in [0.1, 0.15) is 29.9 Å². The highest BCUT2D eigenvalue weighted by atomic mass is 35.5. The van der Waals surface area contributed by atoms with Gasteiger partial charge in [-0.25, -0.2) is 8.78 Å². The number of piperidine rings is 1. The Balaban J connectivity index is 0.00000225. The fourth-order valence-corrected chi connectivity index (χ4v) is 3.46. The SMILES string of the molecule is CNC1CCN(CC(c2ccc(F)cc2)c2ccc(F)cc2)CC1.Cl. The van der Waals surface area contributed by atoms with Gasteiger partial charge in [0.25, 0.3) is 0 Å². The molecule has 1 heterocycles. The molecule has 0 radical (unpaired) electrons. The van der Waals surface area contributed by atoms with Gasteiger partial charge in [-0.1, -0.05) is 24.3 Å². The summed E-state index contributed by atoms with van der Waals surface area (Å²) >= 11 is 0. The third-order valence-corrected chi connectivity index (χ3v) is 4.98. The summed E-state index contributed by atoms with van der Waals surface area (Å²) in [7, 11) is 2.01. The molecule has 1 saturated heterocycles. The molecule has 136 valence electrons. The van der Waals surface area contributed by atoms with E-state index in [1.165, 1.54) is 24.3 Å². The number of likely N-dealkylation sites (tertiary alicyclic amines) is 1. The third-order valence-electron chi connectivity index (χ3n) is 4.98. The van der Waals surface area contributed by atoms with E-state index in [2.05, 4.69) is 10.2 Å². The largest absolute Gasteiger partial charge is 0.317 e. The zero-order valence-electron chi connectivity index (χ0n) is 14.4. The molecule has 0 aliphatic carbocycles. The van der Waals surface area contributed by atoms with Gasteiger partial charge in [0.1, 0.15) is 11.6 Å². The molecule has 25 heavy (non-hydrogen) atoms. The lowest BCUT2D eigenvalue weighted by atomic mass is 9.90. The Morgan fingerprint density at radius 1 is 0.920 bits per heavy atom. The van der Waals surface area contributed by atoms with Gasteiger partial charge in [-0.3, -0.25) is 0 Å². The van der Waals surface area contributed by atoms with E-state index in [1.807, 2.05) is 31.3 Å². The first kappa shape index (κ1) is 19.8. The summed E-state index contributed by atoms with van der Waals surface area (Å²) in [5.74, 6) is -0.338. The van der Waals surface area contributed by atoms with Crippen molar-refractivity contribution in [3.8, 4) is 0 Å². The lowest BCUT2D eigenvalue weighted by Gasteiger charge is -2.34.